The number of nitrogens with one attached hydrogen (secondary N) is 1. The van der Waals surface area contributed by atoms with E-state index in [4.69, 9.17) is 0 Å². The second kappa shape index (κ2) is 6.27. The van der Waals surface area contributed by atoms with Crippen LogP contribution in [0.25, 0.3) is 0 Å². The molecule has 1 aliphatic heterocycles. The summed E-state index contributed by atoms with van der Waals surface area (Å²) in [5.41, 5.74) is 1.37. The highest BCUT2D eigenvalue weighted by Gasteiger charge is 2.31. The van der Waals surface area contributed by atoms with Gasteiger partial charge in [-0.15, -0.1) is 0 Å². The fourth-order valence-corrected chi connectivity index (χ4v) is 2.53. The number of likely N-dealkylation sites (N-methyl/N-ethyl adjacent to an activating group) is 1. The van der Waals surface area contributed by atoms with Gasteiger partial charge in [0.05, 0.1) is 24.0 Å². The predicted molar refractivity (Wildman–Crippen MR) is 88.9 cm³/mol. The molecule has 1 aromatic rings. The van der Waals surface area contributed by atoms with Crippen molar-refractivity contribution >= 4 is 17.3 Å². The van der Waals surface area contributed by atoms with Crippen LogP contribution in [-0.2, 0) is 4.79 Å². The Morgan fingerprint density at radius 1 is 1.36 bits per heavy atom. The maximum absolute atomic E-state index is 12.4. The smallest absolute Gasteiger partial charge is 0.240 e. The molecule has 5 heteroatoms. The van der Waals surface area contributed by atoms with Crippen molar-refractivity contribution in [3.05, 3.63) is 24.3 Å². The molecule has 0 saturated heterocycles. The standard InChI is InChI=1S/C17H24N4O/c1-13(2)17(3,12-18)19-16(22)11-21-10-9-20(4)14-7-5-6-8-15(14)21/h5-8,13H,9-11H2,1-4H3,(H,19,22). The van der Waals surface area contributed by atoms with Gasteiger partial charge in [0.25, 0.3) is 0 Å². The van der Waals surface area contributed by atoms with Crippen molar-refractivity contribution in [1.29, 1.82) is 5.26 Å². The van der Waals surface area contributed by atoms with E-state index in [0.29, 0.717) is 0 Å². The molecule has 2 rings (SSSR count). The van der Waals surface area contributed by atoms with Crippen LogP contribution < -0.4 is 15.1 Å². The highest BCUT2D eigenvalue weighted by molar-refractivity contribution is 5.85. The van der Waals surface area contributed by atoms with Gasteiger partial charge in [0, 0.05) is 20.1 Å². The van der Waals surface area contributed by atoms with E-state index in [9.17, 15) is 10.1 Å². The average molecular weight is 300 g/mol. The minimum absolute atomic E-state index is 0.0567. The molecule has 0 aromatic heterocycles. The number of para-hydroxylation sites is 2. The Bertz CT molecular complexity index is 593. The summed E-state index contributed by atoms with van der Waals surface area (Å²) in [6.07, 6.45) is 0. The average Bonchev–Trinajstić information content (AvgIpc) is 2.50. The van der Waals surface area contributed by atoms with E-state index in [1.54, 1.807) is 6.92 Å². The molecule has 0 bridgehead atoms. The normalized spacial score (nSPS) is 16.7. The molecule has 0 saturated carbocycles. The van der Waals surface area contributed by atoms with E-state index >= 15 is 0 Å². The molecule has 5 nitrogen and oxygen atoms in total. The SMILES string of the molecule is CC(C)C(C)(C#N)NC(=O)CN1CCN(C)c2ccccc21. The lowest BCUT2D eigenvalue weighted by molar-refractivity contribution is -0.121. The molecule has 1 aromatic carbocycles. The summed E-state index contributed by atoms with van der Waals surface area (Å²) in [7, 11) is 2.06. The number of carbonyl (C=O) groups is 1. The quantitative estimate of drug-likeness (QED) is 0.924. The Kier molecular flexibility index (Phi) is 4.60. The molecule has 0 spiro atoms. The maximum Gasteiger partial charge on any atom is 0.240 e. The summed E-state index contributed by atoms with van der Waals surface area (Å²) < 4.78 is 0. The molecule has 1 unspecified atom stereocenters. The third-order valence-corrected chi connectivity index (χ3v) is 4.46. The predicted octanol–water partition coefficient (Wildman–Crippen LogP) is 2.00. The highest BCUT2D eigenvalue weighted by atomic mass is 16.2. The largest absolute Gasteiger partial charge is 0.371 e. The first-order chi connectivity index (χ1) is 10.4. The van der Waals surface area contributed by atoms with Crippen LogP contribution in [0.4, 0.5) is 11.4 Å². The number of fused-ring (bicyclic) bond motifs is 1. The Morgan fingerprint density at radius 2 is 2.00 bits per heavy atom. The topological polar surface area (TPSA) is 59.4 Å². The van der Waals surface area contributed by atoms with Gasteiger partial charge in [-0.05, 0) is 25.0 Å². The number of hydrogen-bond acceptors (Lipinski definition) is 4. The molecule has 118 valence electrons. The van der Waals surface area contributed by atoms with Gasteiger partial charge in [-0.1, -0.05) is 26.0 Å². The number of nitrogens with zero attached hydrogens (tertiary/aromatic N) is 3. The van der Waals surface area contributed by atoms with Crippen LogP contribution in [0.5, 0.6) is 0 Å². The minimum Gasteiger partial charge on any atom is -0.371 e. The third kappa shape index (κ3) is 3.16. The molecule has 1 aliphatic rings. The Labute approximate surface area is 132 Å². The summed E-state index contributed by atoms with van der Waals surface area (Å²) >= 11 is 0. The van der Waals surface area contributed by atoms with E-state index in [1.807, 2.05) is 32.0 Å². The third-order valence-electron chi connectivity index (χ3n) is 4.46. The van der Waals surface area contributed by atoms with Gasteiger partial charge < -0.3 is 15.1 Å². The van der Waals surface area contributed by atoms with Gasteiger partial charge in [-0.3, -0.25) is 4.79 Å². The zero-order chi connectivity index (χ0) is 16.3. The van der Waals surface area contributed by atoms with Gasteiger partial charge in [-0.2, -0.15) is 5.26 Å². The van der Waals surface area contributed by atoms with E-state index in [-0.39, 0.29) is 18.4 Å². The Hall–Kier alpha value is -2.22. The fraction of sp³-hybridized carbons (Fsp3) is 0.529. The monoisotopic (exact) mass is 300 g/mol. The second-order valence-corrected chi connectivity index (χ2v) is 6.35. The van der Waals surface area contributed by atoms with Crippen LogP contribution in [0, 0.1) is 17.2 Å². The van der Waals surface area contributed by atoms with Crippen LogP contribution in [-0.4, -0.2) is 38.1 Å². The second-order valence-electron chi connectivity index (χ2n) is 6.35. The number of anilines is 2. The van der Waals surface area contributed by atoms with Crippen molar-refractivity contribution in [3.8, 4) is 6.07 Å². The molecule has 0 fully saturated rings. The van der Waals surface area contributed by atoms with Gasteiger partial charge in [0.2, 0.25) is 5.91 Å². The number of rotatable bonds is 4. The number of nitriles is 1. The fourth-order valence-electron chi connectivity index (χ4n) is 2.53. The summed E-state index contributed by atoms with van der Waals surface area (Å²) in [5.74, 6) is -0.0571. The van der Waals surface area contributed by atoms with Gasteiger partial charge in [0.1, 0.15) is 5.54 Å². The number of amides is 1. The first-order valence-electron chi connectivity index (χ1n) is 7.65. The van der Waals surface area contributed by atoms with Crippen LogP contribution in [0.15, 0.2) is 24.3 Å². The summed E-state index contributed by atoms with van der Waals surface area (Å²) in [4.78, 5) is 16.6. The van der Waals surface area contributed by atoms with Crippen LogP contribution in [0.1, 0.15) is 20.8 Å². The maximum atomic E-state index is 12.4. The van der Waals surface area contributed by atoms with Gasteiger partial charge in [-0.25, -0.2) is 0 Å². The van der Waals surface area contributed by atoms with Crippen LogP contribution in [0.3, 0.4) is 0 Å². The van der Waals surface area contributed by atoms with E-state index in [1.165, 1.54) is 0 Å². The summed E-state index contributed by atoms with van der Waals surface area (Å²) in [6.45, 7) is 7.60. The number of benzene rings is 1. The lowest BCUT2D eigenvalue weighted by atomic mass is 9.90. The van der Waals surface area contributed by atoms with Crippen molar-refractivity contribution in [1.82, 2.24) is 5.32 Å². The molecule has 1 amide bonds. The van der Waals surface area contributed by atoms with E-state index in [0.717, 1.165) is 24.5 Å². The molecule has 0 radical (unpaired) electrons. The molecule has 1 N–H and O–H groups in total. The zero-order valence-electron chi connectivity index (χ0n) is 13.8. The lowest BCUT2D eigenvalue weighted by Gasteiger charge is -2.37. The number of hydrogen-bond donors (Lipinski definition) is 1. The van der Waals surface area contributed by atoms with Crippen LogP contribution >= 0.6 is 0 Å². The first-order valence-corrected chi connectivity index (χ1v) is 7.65. The summed E-state index contributed by atoms with van der Waals surface area (Å²) in [5, 5.41) is 12.2. The van der Waals surface area contributed by atoms with Crippen molar-refractivity contribution in [2.45, 2.75) is 26.3 Å². The first kappa shape index (κ1) is 16.2. The Balaban J connectivity index is 2.11. The highest BCUT2D eigenvalue weighted by Crippen LogP contribution is 2.31. The molecule has 1 atom stereocenters. The van der Waals surface area contributed by atoms with Gasteiger partial charge in [0.15, 0.2) is 0 Å². The van der Waals surface area contributed by atoms with E-state index < -0.39 is 5.54 Å². The Morgan fingerprint density at radius 3 is 2.59 bits per heavy atom. The molecular weight excluding hydrogens is 276 g/mol. The molecular formula is C17H24N4O. The van der Waals surface area contributed by atoms with Gasteiger partial charge >= 0.3 is 0 Å². The van der Waals surface area contributed by atoms with E-state index in [2.05, 4.69) is 34.3 Å². The van der Waals surface area contributed by atoms with Crippen LogP contribution in [0.2, 0.25) is 0 Å². The molecule has 22 heavy (non-hydrogen) atoms. The van der Waals surface area contributed by atoms with Crippen molar-refractivity contribution in [2.75, 3.05) is 36.5 Å². The van der Waals surface area contributed by atoms with Crippen molar-refractivity contribution in [2.24, 2.45) is 5.92 Å². The number of carbonyl (C=O) groups excluding carboxylic acids is 1. The van der Waals surface area contributed by atoms with Crippen molar-refractivity contribution in [3.63, 3.8) is 0 Å². The minimum atomic E-state index is -0.830. The summed E-state index contributed by atoms with van der Waals surface area (Å²) in [6, 6.07) is 10.3. The molecule has 1 heterocycles. The van der Waals surface area contributed by atoms with Crippen molar-refractivity contribution < 1.29 is 4.79 Å². The lowest BCUT2D eigenvalue weighted by Crippen LogP contribution is -2.53. The molecule has 0 aliphatic carbocycles. The zero-order valence-corrected chi connectivity index (χ0v) is 13.8.